The minimum atomic E-state index is -0.146. The second kappa shape index (κ2) is 5.01. The topological polar surface area (TPSA) is 51.4 Å². The van der Waals surface area contributed by atoms with Crippen LogP contribution in [0.1, 0.15) is 25.1 Å². The molecular formula is C11H21N3OS. The lowest BCUT2D eigenvalue weighted by molar-refractivity contribution is 0.392. The number of aromatic nitrogens is 1. The number of rotatable bonds is 5. The first-order valence-corrected chi connectivity index (χ1v) is 6.15. The molecule has 1 aromatic rings. The van der Waals surface area contributed by atoms with Crippen molar-refractivity contribution in [2.45, 2.75) is 32.2 Å². The van der Waals surface area contributed by atoms with Gasteiger partial charge in [0.25, 0.3) is 0 Å². The number of nitrogens with zero attached hydrogens (tertiary/aromatic N) is 2. The van der Waals surface area contributed by atoms with Crippen molar-refractivity contribution >= 4 is 16.5 Å². The van der Waals surface area contributed by atoms with Crippen LogP contribution < -0.4 is 15.4 Å². The summed E-state index contributed by atoms with van der Waals surface area (Å²) in [4.78, 5) is 7.57. The molecule has 1 aromatic heterocycles. The van der Waals surface area contributed by atoms with Crippen molar-refractivity contribution in [1.29, 1.82) is 0 Å². The molecule has 4 nitrogen and oxygen atoms in total. The molecule has 0 aromatic carbocycles. The fraction of sp³-hybridized carbons (Fsp3) is 0.727. The van der Waals surface area contributed by atoms with Crippen LogP contribution in [0.25, 0.3) is 0 Å². The lowest BCUT2D eigenvalue weighted by Crippen LogP contribution is -2.32. The van der Waals surface area contributed by atoms with E-state index < -0.39 is 0 Å². The van der Waals surface area contributed by atoms with Crippen molar-refractivity contribution in [1.82, 2.24) is 4.98 Å². The molecule has 0 radical (unpaired) electrons. The molecule has 0 bridgehead atoms. The molecule has 0 aliphatic heterocycles. The van der Waals surface area contributed by atoms with Gasteiger partial charge in [0, 0.05) is 19.6 Å². The smallest absolute Gasteiger partial charge is 0.229 e. The molecule has 2 N–H and O–H groups in total. The Morgan fingerprint density at radius 3 is 2.50 bits per heavy atom. The Kier molecular flexibility index (Phi) is 4.15. The van der Waals surface area contributed by atoms with E-state index in [4.69, 9.17) is 10.5 Å². The van der Waals surface area contributed by atoms with E-state index in [-0.39, 0.29) is 5.54 Å². The monoisotopic (exact) mass is 243 g/mol. The molecule has 1 rings (SSSR count). The minimum Gasteiger partial charge on any atom is -0.480 e. The summed E-state index contributed by atoms with van der Waals surface area (Å²) in [5, 5.41) is 0.974. The maximum Gasteiger partial charge on any atom is 0.229 e. The third-order valence-corrected chi connectivity index (χ3v) is 3.49. The van der Waals surface area contributed by atoms with E-state index in [1.807, 2.05) is 32.8 Å². The highest BCUT2D eigenvalue weighted by Crippen LogP contribution is 2.32. The fourth-order valence-electron chi connectivity index (χ4n) is 1.27. The van der Waals surface area contributed by atoms with Crippen LogP contribution in [0.5, 0.6) is 5.88 Å². The predicted molar refractivity (Wildman–Crippen MR) is 69.6 cm³/mol. The van der Waals surface area contributed by atoms with Gasteiger partial charge in [-0.25, -0.2) is 0 Å². The molecule has 0 unspecified atom stereocenters. The molecule has 0 fully saturated rings. The highest BCUT2D eigenvalue weighted by Gasteiger charge is 2.17. The molecule has 0 aliphatic rings. The molecule has 0 spiro atoms. The average molecular weight is 243 g/mol. The van der Waals surface area contributed by atoms with Crippen LogP contribution in [0, 0.1) is 0 Å². The molecule has 5 heteroatoms. The van der Waals surface area contributed by atoms with E-state index in [0.29, 0.717) is 0 Å². The summed E-state index contributed by atoms with van der Waals surface area (Å²) in [7, 11) is 5.62. The third-order valence-electron chi connectivity index (χ3n) is 2.22. The SMILES string of the molecule is COc1nc(N(C)C)sc1CCC(C)(C)N. The van der Waals surface area contributed by atoms with Gasteiger partial charge in [0.05, 0.1) is 12.0 Å². The van der Waals surface area contributed by atoms with E-state index >= 15 is 0 Å². The molecular weight excluding hydrogens is 222 g/mol. The number of hydrogen-bond acceptors (Lipinski definition) is 5. The molecule has 0 saturated carbocycles. The first kappa shape index (κ1) is 13.3. The Morgan fingerprint density at radius 1 is 1.44 bits per heavy atom. The van der Waals surface area contributed by atoms with Crippen molar-refractivity contribution in [3.8, 4) is 5.88 Å². The summed E-state index contributed by atoms with van der Waals surface area (Å²) >= 11 is 1.67. The van der Waals surface area contributed by atoms with Crippen molar-refractivity contribution < 1.29 is 4.74 Å². The summed E-state index contributed by atoms with van der Waals surface area (Å²) in [5.41, 5.74) is 5.83. The molecule has 92 valence electrons. The zero-order valence-corrected chi connectivity index (χ0v) is 11.5. The van der Waals surface area contributed by atoms with E-state index in [2.05, 4.69) is 4.98 Å². The molecule has 16 heavy (non-hydrogen) atoms. The quantitative estimate of drug-likeness (QED) is 0.858. The number of nitrogens with two attached hydrogens (primary N) is 1. The molecule has 0 saturated heterocycles. The van der Waals surface area contributed by atoms with E-state index in [1.54, 1.807) is 18.4 Å². The number of aryl methyl sites for hydroxylation is 1. The van der Waals surface area contributed by atoms with Gasteiger partial charge in [0.1, 0.15) is 0 Å². The fourth-order valence-corrected chi connectivity index (χ4v) is 2.22. The van der Waals surface area contributed by atoms with Gasteiger partial charge in [0.15, 0.2) is 5.13 Å². The van der Waals surface area contributed by atoms with Gasteiger partial charge in [-0.15, -0.1) is 0 Å². The van der Waals surface area contributed by atoms with Crippen molar-refractivity contribution in [2.75, 3.05) is 26.1 Å². The van der Waals surface area contributed by atoms with Crippen molar-refractivity contribution in [3.05, 3.63) is 4.88 Å². The molecule has 0 amide bonds. The van der Waals surface area contributed by atoms with Crippen LogP contribution in [0.4, 0.5) is 5.13 Å². The molecule has 0 aliphatic carbocycles. The normalized spacial score (nSPS) is 11.6. The average Bonchev–Trinajstić information content (AvgIpc) is 2.56. The van der Waals surface area contributed by atoms with Gasteiger partial charge in [0.2, 0.25) is 5.88 Å². The number of hydrogen-bond donors (Lipinski definition) is 1. The largest absolute Gasteiger partial charge is 0.480 e. The Balaban J connectivity index is 2.78. The summed E-state index contributed by atoms with van der Waals surface area (Å²) in [6, 6.07) is 0. The minimum absolute atomic E-state index is 0.146. The maximum absolute atomic E-state index is 5.97. The van der Waals surface area contributed by atoms with Gasteiger partial charge in [-0.1, -0.05) is 11.3 Å². The molecule has 1 heterocycles. The van der Waals surface area contributed by atoms with Crippen molar-refractivity contribution in [2.24, 2.45) is 5.73 Å². The summed E-state index contributed by atoms with van der Waals surface area (Å²) < 4.78 is 5.27. The summed E-state index contributed by atoms with van der Waals surface area (Å²) in [5.74, 6) is 0.734. The number of anilines is 1. The lowest BCUT2D eigenvalue weighted by atomic mass is 10.00. The van der Waals surface area contributed by atoms with Gasteiger partial charge in [-0.05, 0) is 26.7 Å². The van der Waals surface area contributed by atoms with E-state index in [0.717, 1.165) is 23.9 Å². The van der Waals surface area contributed by atoms with Crippen molar-refractivity contribution in [3.63, 3.8) is 0 Å². The second-order valence-corrected chi connectivity index (χ2v) is 5.87. The zero-order valence-electron chi connectivity index (χ0n) is 10.7. The standard InChI is InChI=1S/C11H21N3OS/c1-11(2,12)7-6-8-9(15-5)13-10(16-8)14(3)4/h6-7,12H2,1-5H3. The first-order valence-electron chi connectivity index (χ1n) is 5.33. The van der Waals surface area contributed by atoms with Crippen LogP contribution in [0.15, 0.2) is 0 Å². The number of ether oxygens (including phenoxy) is 1. The van der Waals surface area contributed by atoms with E-state index in [9.17, 15) is 0 Å². The highest BCUT2D eigenvalue weighted by molar-refractivity contribution is 7.15. The Morgan fingerprint density at radius 2 is 2.06 bits per heavy atom. The summed E-state index contributed by atoms with van der Waals surface area (Å²) in [6.45, 7) is 4.07. The Labute approximate surface area is 101 Å². The summed E-state index contributed by atoms with van der Waals surface area (Å²) in [6.07, 6.45) is 1.84. The second-order valence-electron chi connectivity index (χ2n) is 4.81. The number of thiazole rings is 1. The van der Waals surface area contributed by atoms with E-state index in [1.165, 1.54) is 4.88 Å². The first-order chi connectivity index (χ1) is 7.33. The van der Waals surface area contributed by atoms with Crippen LogP contribution in [0.3, 0.4) is 0 Å². The van der Waals surface area contributed by atoms with Crippen LogP contribution in [-0.4, -0.2) is 31.7 Å². The van der Waals surface area contributed by atoms with Crippen LogP contribution >= 0.6 is 11.3 Å². The van der Waals surface area contributed by atoms with Gasteiger partial charge in [-0.2, -0.15) is 4.98 Å². The zero-order chi connectivity index (χ0) is 12.3. The molecule has 0 atom stereocenters. The lowest BCUT2D eigenvalue weighted by Gasteiger charge is -2.17. The Bertz CT molecular complexity index is 341. The Hall–Kier alpha value is -0.810. The highest BCUT2D eigenvalue weighted by atomic mass is 32.1. The number of methoxy groups -OCH3 is 1. The van der Waals surface area contributed by atoms with Gasteiger partial charge < -0.3 is 15.4 Å². The van der Waals surface area contributed by atoms with Crippen LogP contribution in [0.2, 0.25) is 0 Å². The van der Waals surface area contributed by atoms with Gasteiger partial charge in [-0.3, -0.25) is 0 Å². The third kappa shape index (κ3) is 3.64. The predicted octanol–water partition coefficient (Wildman–Crippen LogP) is 1.89. The maximum atomic E-state index is 5.97. The van der Waals surface area contributed by atoms with Gasteiger partial charge >= 0.3 is 0 Å². The van der Waals surface area contributed by atoms with Crippen LogP contribution in [-0.2, 0) is 6.42 Å².